The third-order valence-corrected chi connectivity index (χ3v) is 2.66. The zero-order chi connectivity index (χ0) is 10.7. The van der Waals surface area contributed by atoms with Crippen molar-refractivity contribution in [1.82, 2.24) is 0 Å². The summed E-state index contributed by atoms with van der Waals surface area (Å²) >= 11 is 0. The van der Waals surface area contributed by atoms with Crippen LogP contribution in [0.3, 0.4) is 0 Å². The van der Waals surface area contributed by atoms with E-state index in [-0.39, 0.29) is 0 Å². The normalized spacial score (nSPS) is 12.0. The van der Waals surface area contributed by atoms with Gasteiger partial charge in [0.2, 0.25) is 0 Å². The summed E-state index contributed by atoms with van der Waals surface area (Å²) < 4.78 is 7.94. The molecule has 0 unspecified atom stereocenters. The molecule has 3 rings (SSSR count). The highest BCUT2D eigenvalue weighted by molar-refractivity contribution is 7.00. The summed E-state index contributed by atoms with van der Waals surface area (Å²) in [4.78, 5) is 0. The largest absolute Gasteiger partial charge is 0.261 e. The maximum absolute atomic E-state index is 7.94. The number of hydrogen-bond acceptors (Lipinski definition) is 1. The van der Waals surface area contributed by atoms with Crippen LogP contribution in [-0.4, -0.2) is 0 Å². The van der Waals surface area contributed by atoms with Gasteiger partial charge in [0.25, 0.3) is 9.12 Å². The summed E-state index contributed by atoms with van der Waals surface area (Å²) in [5.41, 5.74) is 2.81. The molecule has 2 heteroatoms. The minimum absolute atomic E-state index is 1.08. The molecule has 0 atom stereocenters. The maximum atomic E-state index is 7.94. The molecule has 1 radical (unpaired) electrons. The first-order valence-electron chi connectivity index (χ1n) is 4.80. The van der Waals surface area contributed by atoms with Gasteiger partial charge >= 0.3 is 0 Å². The highest BCUT2D eigenvalue weighted by Crippen LogP contribution is 2.27. The van der Waals surface area contributed by atoms with Crippen molar-refractivity contribution in [1.29, 1.82) is 0 Å². The van der Waals surface area contributed by atoms with E-state index in [9.17, 15) is 0 Å². The Balaban J connectivity index is 0.000000404. The van der Waals surface area contributed by atoms with Crippen molar-refractivity contribution in [2.75, 3.05) is 0 Å². The minimum Gasteiger partial charge on any atom is -0.261 e. The first-order chi connectivity index (χ1) is 7.45. The van der Waals surface area contributed by atoms with Crippen molar-refractivity contribution in [2.24, 2.45) is 0 Å². The third-order valence-electron chi connectivity index (χ3n) is 2.66. The van der Waals surface area contributed by atoms with Crippen LogP contribution in [0, 0.1) is 0 Å². The van der Waals surface area contributed by atoms with E-state index in [1.807, 2.05) is 0 Å². The van der Waals surface area contributed by atoms with Gasteiger partial charge in [0.05, 0.1) is 0 Å². The second kappa shape index (κ2) is 4.37. The van der Waals surface area contributed by atoms with Crippen LogP contribution in [0.25, 0.3) is 16.8 Å². The van der Waals surface area contributed by atoms with E-state index < -0.39 is 0 Å². The molecule has 0 saturated carbocycles. The Morgan fingerprint density at radius 3 is 2.53 bits per heavy atom. The number of benzene rings is 2. The zero-order valence-corrected chi connectivity index (χ0v) is 9.08. The van der Waals surface area contributed by atoms with E-state index in [2.05, 4.69) is 57.7 Å². The first-order valence-corrected chi connectivity index (χ1v) is 5.17. The second-order valence-corrected chi connectivity index (χ2v) is 3.47. The van der Waals surface area contributed by atoms with Crippen LogP contribution in [0.15, 0.2) is 42.5 Å². The molecule has 0 amide bonds. The second-order valence-electron chi connectivity index (χ2n) is 3.47. The van der Waals surface area contributed by atoms with Gasteiger partial charge in [0, 0.05) is 0 Å². The van der Waals surface area contributed by atoms with Crippen LogP contribution >= 0.6 is 9.12 Å². The summed E-state index contributed by atoms with van der Waals surface area (Å²) in [5.74, 6) is 0. The van der Waals surface area contributed by atoms with Crippen LogP contribution in [0.2, 0.25) is 0 Å². The number of allylic oxidation sites excluding steroid dienone is 1. The highest BCUT2D eigenvalue weighted by atomic mass is 31.0. The zero-order valence-electron chi connectivity index (χ0n) is 8.18. The van der Waals surface area contributed by atoms with Crippen molar-refractivity contribution < 1.29 is 4.57 Å². The van der Waals surface area contributed by atoms with Crippen molar-refractivity contribution in [2.45, 2.75) is 6.42 Å². The van der Waals surface area contributed by atoms with Crippen LogP contribution in [0.1, 0.15) is 11.1 Å². The SMILES string of the molecule is C1=Cc2cccc3cccc(c23)C1.O=[P]. The average Bonchev–Trinajstić information content (AvgIpc) is 2.33. The first kappa shape index (κ1) is 10.1. The van der Waals surface area contributed by atoms with Gasteiger partial charge in [0.1, 0.15) is 0 Å². The molecule has 0 spiro atoms. The summed E-state index contributed by atoms with van der Waals surface area (Å²) in [6, 6.07) is 13.0. The van der Waals surface area contributed by atoms with Crippen LogP contribution in [-0.2, 0) is 11.0 Å². The van der Waals surface area contributed by atoms with Gasteiger partial charge < -0.3 is 0 Å². The van der Waals surface area contributed by atoms with Gasteiger partial charge in [-0.2, -0.15) is 0 Å². The molecule has 0 heterocycles. The monoisotopic (exact) mass is 213 g/mol. The molecule has 0 saturated heterocycles. The Kier molecular flexibility index (Phi) is 2.94. The molecule has 15 heavy (non-hydrogen) atoms. The molecular weight excluding hydrogens is 203 g/mol. The van der Waals surface area contributed by atoms with Crippen molar-refractivity contribution >= 4 is 26.0 Å². The lowest BCUT2D eigenvalue weighted by atomic mass is 9.93. The lowest BCUT2D eigenvalue weighted by Gasteiger charge is -2.11. The Labute approximate surface area is 91.1 Å². The molecule has 0 aromatic heterocycles. The predicted octanol–water partition coefficient (Wildman–Crippen LogP) is 4.15. The number of hydrogen-bond donors (Lipinski definition) is 0. The highest BCUT2D eigenvalue weighted by Gasteiger charge is 2.06. The van der Waals surface area contributed by atoms with Crippen molar-refractivity contribution in [3.05, 3.63) is 53.6 Å². The van der Waals surface area contributed by atoms with Crippen molar-refractivity contribution in [3.8, 4) is 0 Å². The van der Waals surface area contributed by atoms with E-state index in [0.717, 1.165) is 6.42 Å². The minimum atomic E-state index is 1.08. The molecule has 2 aromatic rings. The molecule has 0 bridgehead atoms. The molecular formula is C13H10OP. The van der Waals surface area contributed by atoms with Crippen molar-refractivity contribution in [3.63, 3.8) is 0 Å². The summed E-state index contributed by atoms with van der Waals surface area (Å²) in [5, 5.41) is 2.80. The molecule has 0 fully saturated rings. The summed E-state index contributed by atoms with van der Waals surface area (Å²) in [7, 11) is 2.28. The Morgan fingerprint density at radius 1 is 1.00 bits per heavy atom. The van der Waals surface area contributed by atoms with Crippen LogP contribution in [0.4, 0.5) is 0 Å². The van der Waals surface area contributed by atoms with Gasteiger partial charge in [-0.25, -0.2) is 0 Å². The smallest absolute Gasteiger partial charge is 0.261 e. The average molecular weight is 213 g/mol. The standard InChI is InChI=1S/C13H10.OP/c1-4-10-6-2-8-12-9-3-7-11(5-1)13(10)12;1-2/h1-8H,9H2;. The fraction of sp³-hybridized carbons (Fsp3) is 0.0769. The number of rotatable bonds is 0. The van der Waals surface area contributed by atoms with Gasteiger partial charge in [0.15, 0.2) is 0 Å². The van der Waals surface area contributed by atoms with Gasteiger partial charge in [-0.15, -0.1) is 0 Å². The summed E-state index contributed by atoms with van der Waals surface area (Å²) in [6.45, 7) is 0. The lowest BCUT2D eigenvalue weighted by molar-refractivity contribution is 0.607. The fourth-order valence-corrected chi connectivity index (χ4v) is 2.07. The molecule has 0 aliphatic heterocycles. The predicted molar refractivity (Wildman–Crippen MR) is 64.3 cm³/mol. The van der Waals surface area contributed by atoms with Gasteiger partial charge in [-0.3, -0.25) is 4.57 Å². The van der Waals surface area contributed by atoms with E-state index in [1.54, 1.807) is 0 Å². The van der Waals surface area contributed by atoms with Crippen LogP contribution < -0.4 is 0 Å². The molecule has 2 aromatic carbocycles. The van der Waals surface area contributed by atoms with Crippen LogP contribution in [0.5, 0.6) is 0 Å². The molecule has 73 valence electrons. The molecule has 1 aliphatic rings. The quantitative estimate of drug-likeness (QED) is 0.601. The summed E-state index contributed by atoms with van der Waals surface area (Å²) in [6.07, 6.45) is 5.53. The lowest BCUT2D eigenvalue weighted by Crippen LogP contribution is -1.91. The molecule has 0 N–H and O–H groups in total. The fourth-order valence-electron chi connectivity index (χ4n) is 2.07. The molecule has 1 nitrogen and oxygen atoms in total. The van der Waals surface area contributed by atoms with Gasteiger partial charge in [-0.1, -0.05) is 48.6 Å². The Bertz CT molecular complexity index is 512. The van der Waals surface area contributed by atoms with Gasteiger partial charge in [-0.05, 0) is 28.3 Å². The van der Waals surface area contributed by atoms with E-state index in [1.165, 1.54) is 21.9 Å². The van der Waals surface area contributed by atoms with E-state index >= 15 is 0 Å². The van der Waals surface area contributed by atoms with E-state index in [4.69, 9.17) is 4.57 Å². The third kappa shape index (κ3) is 1.71. The van der Waals surface area contributed by atoms with E-state index in [0.29, 0.717) is 0 Å². The Morgan fingerprint density at radius 2 is 1.73 bits per heavy atom. The Hall–Kier alpha value is -1.46. The molecule has 1 aliphatic carbocycles. The topological polar surface area (TPSA) is 17.1 Å². The maximum Gasteiger partial charge on any atom is 0.261 e.